The largest absolute Gasteiger partial charge is 0.468 e. The van der Waals surface area contributed by atoms with Crippen LogP contribution in [0.15, 0.2) is 22.8 Å². The SMILES string of the molecule is C.O=C1CO[C@@H]2CCCN(C(=O)[C@H](CC3CCCCC3)SCc3ccco3)[C@H]12.S.S. The average Bonchev–Trinajstić information content (AvgIpc) is 3.35. The Morgan fingerprint density at radius 2 is 1.93 bits per heavy atom. The minimum Gasteiger partial charge on any atom is -0.468 e. The van der Waals surface area contributed by atoms with Crippen LogP contribution in [0.25, 0.3) is 0 Å². The molecular weight excluding hydrogens is 438 g/mol. The molecule has 0 unspecified atom stereocenters. The van der Waals surface area contributed by atoms with E-state index >= 15 is 0 Å². The average molecular weight is 476 g/mol. The molecule has 3 atom stereocenters. The predicted octanol–water partition coefficient (Wildman–Crippen LogP) is 4.67. The first-order chi connectivity index (χ1) is 13.2. The molecular formula is C22H37NO4S3. The van der Waals surface area contributed by atoms with E-state index in [0.29, 0.717) is 18.2 Å². The number of amides is 1. The van der Waals surface area contributed by atoms with Gasteiger partial charge < -0.3 is 14.1 Å². The number of furan rings is 1. The normalized spacial score (nSPS) is 24.8. The van der Waals surface area contributed by atoms with Crippen molar-refractivity contribution in [2.45, 2.75) is 81.9 Å². The molecule has 1 aromatic heterocycles. The summed E-state index contributed by atoms with van der Waals surface area (Å²) in [7, 11) is 0. The molecule has 4 rings (SSSR count). The van der Waals surface area contributed by atoms with Gasteiger partial charge in [-0.15, -0.1) is 11.8 Å². The molecule has 2 aliphatic heterocycles. The first-order valence-corrected chi connectivity index (χ1v) is 11.4. The third-order valence-corrected chi connectivity index (χ3v) is 7.43. The lowest BCUT2D eigenvalue weighted by molar-refractivity contribution is -0.140. The van der Waals surface area contributed by atoms with Gasteiger partial charge in [0.2, 0.25) is 5.91 Å². The van der Waals surface area contributed by atoms with E-state index in [2.05, 4.69) is 0 Å². The Bertz CT molecular complexity index is 649. The maximum atomic E-state index is 13.5. The molecule has 0 bridgehead atoms. The van der Waals surface area contributed by atoms with Crippen molar-refractivity contribution >= 4 is 50.4 Å². The predicted molar refractivity (Wildman–Crippen MR) is 132 cm³/mol. The number of carbonyl (C=O) groups excluding carboxylic acids is 2. The Morgan fingerprint density at radius 1 is 1.17 bits per heavy atom. The maximum absolute atomic E-state index is 13.5. The van der Waals surface area contributed by atoms with Gasteiger partial charge in [0, 0.05) is 6.54 Å². The van der Waals surface area contributed by atoms with Gasteiger partial charge in [-0.3, -0.25) is 9.59 Å². The Morgan fingerprint density at radius 3 is 2.63 bits per heavy atom. The molecule has 172 valence electrons. The second-order valence-electron chi connectivity index (χ2n) is 8.05. The lowest BCUT2D eigenvalue weighted by Gasteiger charge is -2.38. The zero-order valence-corrected chi connectivity index (χ0v) is 19.6. The molecule has 3 fully saturated rings. The van der Waals surface area contributed by atoms with E-state index in [9.17, 15) is 9.59 Å². The van der Waals surface area contributed by atoms with Crippen LogP contribution in [0, 0.1) is 5.92 Å². The Balaban J connectivity index is 0.00000150. The van der Waals surface area contributed by atoms with E-state index in [0.717, 1.165) is 25.0 Å². The number of Topliss-reactive ketones (excluding diaryl/α,β-unsaturated/α-hetero) is 1. The lowest BCUT2D eigenvalue weighted by Crippen LogP contribution is -2.54. The summed E-state index contributed by atoms with van der Waals surface area (Å²) in [5.74, 6) is 2.42. The fourth-order valence-electron chi connectivity index (χ4n) is 4.77. The van der Waals surface area contributed by atoms with Crippen molar-refractivity contribution in [3.63, 3.8) is 0 Å². The van der Waals surface area contributed by atoms with E-state index < -0.39 is 0 Å². The number of carbonyl (C=O) groups is 2. The highest BCUT2D eigenvalue weighted by Gasteiger charge is 2.45. The molecule has 0 aromatic carbocycles. The highest BCUT2D eigenvalue weighted by atomic mass is 32.2. The van der Waals surface area contributed by atoms with Crippen LogP contribution in [0.5, 0.6) is 0 Å². The third-order valence-electron chi connectivity index (χ3n) is 6.18. The fraction of sp³-hybridized carbons (Fsp3) is 0.727. The molecule has 1 amide bonds. The van der Waals surface area contributed by atoms with Crippen molar-refractivity contribution < 1.29 is 18.7 Å². The first-order valence-electron chi connectivity index (χ1n) is 10.3. The number of ketones is 1. The number of likely N-dealkylation sites (tertiary alicyclic amines) is 1. The van der Waals surface area contributed by atoms with Gasteiger partial charge in [-0.25, -0.2) is 0 Å². The van der Waals surface area contributed by atoms with Crippen LogP contribution in [0.4, 0.5) is 0 Å². The molecule has 3 aliphatic rings. The van der Waals surface area contributed by atoms with Gasteiger partial charge in [-0.05, 0) is 37.3 Å². The molecule has 0 N–H and O–H groups in total. The third kappa shape index (κ3) is 6.47. The molecule has 1 saturated carbocycles. The Kier molecular flexibility index (Phi) is 12.0. The molecule has 30 heavy (non-hydrogen) atoms. The fourth-order valence-corrected chi connectivity index (χ4v) is 5.98. The van der Waals surface area contributed by atoms with Crippen molar-refractivity contribution in [2.24, 2.45) is 5.92 Å². The van der Waals surface area contributed by atoms with Crippen LogP contribution in [0.3, 0.4) is 0 Å². The second kappa shape index (κ2) is 13.1. The molecule has 5 nitrogen and oxygen atoms in total. The van der Waals surface area contributed by atoms with Crippen LogP contribution in [0.1, 0.15) is 64.6 Å². The first kappa shape index (κ1) is 27.5. The molecule has 1 aliphatic carbocycles. The zero-order valence-electron chi connectivity index (χ0n) is 16.8. The van der Waals surface area contributed by atoms with Gasteiger partial charge in [0.05, 0.1) is 23.4 Å². The van der Waals surface area contributed by atoms with Crippen LogP contribution >= 0.6 is 38.8 Å². The van der Waals surface area contributed by atoms with Crippen molar-refractivity contribution in [3.05, 3.63) is 24.2 Å². The van der Waals surface area contributed by atoms with E-state index in [1.165, 1.54) is 32.1 Å². The minimum absolute atomic E-state index is 0. The smallest absolute Gasteiger partial charge is 0.236 e. The highest BCUT2D eigenvalue weighted by Crippen LogP contribution is 2.35. The summed E-state index contributed by atoms with van der Waals surface area (Å²) in [6, 6.07) is 3.49. The summed E-state index contributed by atoms with van der Waals surface area (Å²) in [6.45, 7) is 0.837. The van der Waals surface area contributed by atoms with Crippen LogP contribution in [-0.2, 0) is 20.1 Å². The van der Waals surface area contributed by atoms with Gasteiger partial charge in [0.15, 0.2) is 5.78 Å². The quantitative estimate of drug-likeness (QED) is 0.598. The van der Waals surface area contributed by atoms with E-state index in [4.69, 9.17) is 9.15 Å². The van der Waals surface area contributed by atoms with Gasteiger partial charge in [-0.2, -0.15) is 27.0 Å². The number of rotatable bonds is 6. The molecule has 0 radical (unpaired) electrons. The number of nitrogens with zero attached hydrogens (tertiary/aromatic N) is 1. The number of hydrogen-bond acceptors (Lipinski definition) is 5. The van der Waals surface area contributed by atoms with Crippen molar-refractivity contribution in [1.29, 1.82) is 0 Å². The van der Waals surface area contributed by atoms with Gasteiger partial charge >= 0.3 is 0 Å². The van der Waals surface area contributed by atoms with E-state index in [1.807, 2.05) is 17.0 Å². The second-order valence-corrected chi connectivity index (χ2v) is 9.24. The van der Waals surface area contributed by atoms with Crippen LogP contribution in [0.2, 0.25) is 0 Å². The number of ether oxygens (including phenoxy) is 1. The topological polar surface area (TPSA) is 59.8 Å². The summed E-state index contributed by atoms with van der Waals surface area (Å²) in [5.41, 5.74) is 0. The lowest BCUT2D eigenvalue weighted by atomic mass is 9.85. The summed E-state index contributed by atoms with van der Waals surface area (Å²) >= 11 is 1.67. The van der Waals surface area contributed by atoms with E-state index in [-0.39, 0.29) is 70.1 Å². The Hall–Kier alpha value is -0.570. The zero-order chi connectivity index (χ0) is 18.6. The molecule has 3 heterocycles. The van der Waals surface area contributed by atoms with E-state index in [1.54, 1.807) is 18.0 Å². The number of piperidine rings is 1. The summed E-state index contributed by atoms with van der Waals surface area (Å²) in [6.07, 6.45) is 10.6. The number of fused-ring (bicyclic) bond motifs is 1. The maximum Gasteiger partial charge on any atom is 0.236 e. The van der Waals surface area contributed by atoms with Crippen molar-refractivity contribution in [3.8, 4) is 0 Å². The molecule has 1 aromatic rings. The summed E-state index contributed by atoms with van der Waals surface area (Å²) in [5, 5.41) is -0.106. The Labute approximate surface area is 198 Å². The molecule has 2 saturated heterocycles. The standard InChI is InChI=1S/C21H29NO4S.CH4.2H2S/c23-17-13-26-18-9-4-10-22(20(17)18)21(24)19(12-15-6-2-1-3-7-15)27-14-16-8-5-11-25-16;;;/h5,8,11,15,18-20H,1-4,6-7,9-10,12-14H2;1H4;2*1H2/t18-,19+,20-;;;/m1.../s1. The molecule has 0 spiro atoms. The summed E-state index contributed by atoms with van der Waals surface area (Å²) < 4.78 is 11.1. The van der Waals surface area contributed by atoms with Crippen molar-refractivity contribution in [2.75, 3.05) is 13.2 Å². The highest BCUT2D eigenvalue weighted by molar-refractivity contribution is 7.99. The molecule has 8 heteroatoms. The summed E-state index contributed by atoms with van der Waals surface area (Å²) in [4.78, 5) is 27.7. The van der Waals surface area contributed by atoms with Gasteiger partial charge in [0.1, 0.15) is 18.4 Å². The monoisotopic (exact) mass is 475 g/mol. The number of hydrogen-bond donors (Lipinski definition) is 0. The van der Waals surface area contributed by atoms with Gasteiger partial charge in [-0.1, -0.05) is 39.5 Å². The number of thioether (sulfide) groups is 1. The van der Waals surface area contributed by atoms with Crippen LogP contribution in [-0.4, -0.2) is 47.1 Å². The van der Waals surface area contributed by atoms with Crippen LogP contribution < -0.4 is 0 Å². The van der Waals surface area contributed by atoms with Crippen molar-refractivity contribution in [1.82, 2.24) is 4.90 Å². The minimum atomic E-state index is -0.357. The van der Waals surface area contributed by atoms with Gasteiger partial charge in [0.25, 0.3) is 0 Å².